The molecule has 0 saturated carbocycles. The molecule has 56 valence electrons. The molecule has 0 fully saturated rings. The number of alkyl halides is 1. The second-order valence-corrected chi connectivity index (χ2v) is 3.11. The van der Waals surface area contributed by atoms with E-state index < -0.39 is 0 Å². The molecule has 0 aliphatic carbocycles. The lowest BCUT2D eigenvalue weighted by molar-refractivity contribution is 0.538. The summed E-state index contributed by atoms with van der Waals surface area (Å²) in [5.41, 5.74) is 0. The van der Waals surface area contributed by atoms with E-state index in [0.717, 1.165) is 6.54 Å². The maximum atomic E-state index is 5.80. The van der Waals surface area contributed by atoms with Gasteiger partial charge in [0.1, 0.15) is 0 Å². The van der Waals surface area contributed by atoms with Gasteiger partial charge in [0.05, 0.1) is 0 Å². The highest BCUT2D eigenvalue weighted by Crippen LogP contribution is 1.99. The Morgan fingerprint density at radius 2 is 2.00 bits per heavy atom. The zero-order valence-electron chi connectivity index (χ0n) is 6.45. The Hall–Kier alpha value is 0.250. The normalized spacial score (nSPS) is 17.3. The second-order valence-electron chi connectivity index (χ2n) is 2.42. The smallest absolute Gasteiger partial charge is 0.0458 e. The molecule has 2 atom stereocenters. The Morgan fingerprint density at radius 1 is 1.44 bits per heavy atom. The van der Waals surface area contributed by atoms with E-state index in [0.29, 0.717) is 6.04 Å². The Morgan fingerprint density at radius 3 is 2.33 bits per heavy atom. The van der Waals surface area contributed by atoms with Crippen molar-refractivity contribution in [2.75, 3.05) is 6.54 Å². The summed E-state index contributed by atoms with van der Waals surface area (Å²) in [6.45, 7) is 7.33. The van der Waals surface area contributed by atoms with Gasteiger partial charge in [-0.1, -0.05) is 6.92 Å². The van der Waals surface area contributed by atoms with Crippen molar-refractivity contribution >= 4 is 11.6 Å². The van der Waals surface area contributed by atoms with Crippen molar-refractivity contribution in [2.24, 2.45) is 0 Å². The van der Waals surface area contributed by atoms with Gasteiger partial charge in [-0.3, -0.25) is 0 Å². The largest absolute Gasteiger partial charge is 0.313 e. The van der Waals surface area contributed by atoms with Crippen molar-refractivity contribution in [1.82, 2.24) is 5.32 Å². The van der Waals surface area contributed by atoms with E-state index >= 15 is 0 Å². The average Bonchev–Trinajstić information content (AvgIpc) is 1.82. The number of rotatable bonds is 4. The third kappa shape index (κ3) is 4.73. The van der Waals surface area contributed by atoms with E-state index in [1.54, 1.807) is 0 Å². The standard InChI is InChI=1S/C7H16ClN/c1-4-5-9-7(3)6(2)8/h6-7,9H,4-5H2,1-3H3/t6-,7?/m1/s1. The van der Waals surface area contributed by atoms with E-state index in [-0.39, 0.29) is 5.38 Å². The van der Waals surface area contributed by atoms with Gasteiger partial charge in [0.2, 0.25) is 0 Å². The molecule has 1 nitrogen and oxygen atoms in total. The van der Waals surface area contributed by atoms with Crippen LogP contribution in [-0.4, -0.2) is 18.0 Å². The summed E-state index contributed by atoms with van der Waals surface area (Å²) in [6, 6.07) is 0.437. The highest BCUT2D eigenvalue weighted by molar-refractivity contribution is 6.20. The molecule has 1 unspecified atom stereocenters. The van der Waals surface area contributed by atoms with Crippen LogP contribution in [0, 0.1) is 0 Å². The molecule has 0 rings (SSSR count). The molecular weight excluding hydrogens is 134 g/mol. The van der Waals surface area contributed by atoms with Crippen molar-refractivity contribution in [3.63, 3.8) is 0 Å². The molecule has 0 saturated heterocycles. The minimum atomic E-state index is 0.233. The molecule has 0 aromatic carbocycles. The SMILES string of the molecule is CCCNC(C)[C@@H](C)Cl. The van der Waals surface area contributed by atoms with Gasteiger partial charge in [-0.05, 0) is 26.8 Å². The maximum absolute atomic E-state index is 5.80. The van der Waals surface area contributed by atoms with Gasteiger partial charge in [-0.15, -0.1) is 11.6 Å². The molecule has 2 heteroatoms. The number of hydrogen-bond donors (Lipinski definition) is 1. The molecule has 0 aromatic rings. The van der Waals surface area contributed by atoms with Crippen LogP contribution in [0.3, 0.4) is 0 Å². The molecule has 0 aliphatic rings. The Bertz CT molecular complexity index is 63.9. The quantitative estimate of drug-likeness (QED) is 0.603. The molecular formula is C7H16ClN. The summed E-state index contributed by atoms with van der Waals surface area (Å²) < 4.78 is 0. The molecule has 0 aromatic heterocycles. The van der Waals surface area contributed by atoms with Gasteiger partial charge in [-0.25, -0.2) is 0 Å². The number of halogens is 1. The average molecular weight is 150 g/mol. The minimum absolute atomic E-state index is 0.233. The molecule has 0 heterocycles. The van der Waals surface area contributed by atoms with Gasteiger partial charge >= 0.3 is 0 Å². The van der Waals surface area contributed by atoms with Crippen LogP contribution in [0.1, 0.15) is 27.2 Å². The monoisotopic (exact) mass is 149 g/mol. The fraction of sp³-hybridized carbons (Fsp3) is 1.00. The van der Waals surface area contributed by atoms with Crippen LogP contribution in [0.25, 0.3) is 0 Å². The predicted molar refractivity (Wildman–Crippen MR) is 43.1 cm³/mol. The first-order valence-electron chi connectivity index (χ1n) is 3.56. The first kappa shape index (κ1) is 9.25. The zero-order chi connectivity index (χ0) is 7.28. The van der Waals surface area contributed by atoms with E-state index in [9.17, 15) is 0 Å². The van der Waals surface area contributed by atoms with Crippen molar-refractivity contribution in [2.45, 2.75) is 38.6 Å². The van der Waals surface area contributed by atoms with Crippen LogP contribution in [0.4, 0.5) is 0 Å². The second kappa shape index (κ2) is 5.07. The van der Waals surface area contributed by atoms with E-state index in [1.165, 1.54) is 6.42 Å². The van der Waals surface area contributed by atoms with Gasteiger partial charge in [0.25, 0.3) is 0 Å². The van der Waals surface area contributed by atoms with Crippen molar-refractivity contribution in [1.29, 1.82) is 0 Å². The van der Waals surface area contributed by atoms with Gasteiger partial charge < -0.3 is 5.32 Å². The molecule has 0 spiro atoms. The van der Waals surface area contributed by atoms with Crippen LogP contribution in [0.2, 0.25) is 0 Å². The summed E-state index contributed by atoms with van der Waals surface area (Å²) in [7, 11) is 0. The number of hydrogen-bond acceptors (Lipinski definition) is 1. The summed E-state index contributed by atoms with van der Waals surface area (Å²) in [5.74, 6) is 0. The minimum Gasteiger partial charge on any atom is -0.313 e. The summed E-state index contributed by atoms with van der Waals surface area (Å²) in [4.78, 5) is 0. The van der Waals surface area contributed by atoms with E-state index in [1.807, 2.05) is 6.92 Å². The predicted octanol–water partition coefficient (Wildman–Crippen LogP) is 2.00. The van der Waals surface area contributed by atoms with Crippen molar-refractivity contribution in [3.05, 3.63) is 0 Å². The van der Waals surface area contributed by atoms with Crippen LogP contribution in [0.5, 0.6) is 0 Å². The Labute approximate surface area is 62.8 Å². The van der Waals surface area contributed by atoms with E-state index in [4.69, 9.17) is 11.6 Å². The van der Waals surface area contributed by atoms with Gasteiger partial charge in [0, 0.05) is 11.4 Å². The lowest BCUT2D eigenvalue weighted by Gasteiger charge is -2.14. The first-order chi connectivity index (χ1) is 4.18. The van der Waals surface area contributed by atoms with Gasteiger partial charge in [-0.2, -0.15) is 0 Å². The molecule has 0 amide bonds. The fourth-order valence-electron chi connectivity index (χ4n) is 0.534. The van der Waals surface area contributed by atoms with Gasteiger partial charge in [0.15, 0.2) is 0 Å². The third-order valence-corrected chi connectivity index (χ3v) is 1.78. The van der Waals surface area contributed by atoms with Crippen LogP contribution >= 0.6 is 11.6 Å². The maximum Gasteiger partial charge on any atom is 0.0458 e. The summed E-state index contributed by atoms with van der Waals surface area (Å²) in [6.07, 6.45) is 1.17. The van der Waals surface area contributed by atoms with Crippen LogP contribution < -0.4 is 5.32 Å². The lowest BCUT2D eigenvalue weighted by Crippen LogP contribution is -2.33. The number of nitrogens with one attached hydrogen (secondary N) is 1. The first-order valence-corrected chi connectivity index (χ1v) is 3.99. The third-order valence-electron chi connectivity index (χ3n) is 1.41. The molecule has 0 radical (unpaired) electrons. The lowest BCUT2D eigenvalue weighted by atomic mass is 10.2. The van der Waals surface area contributed by atoms with Crippen LogP contribution in [-0.2, 0) is 0 Å². The topological polar surface area (TPSA) is 12.0 Å². The van der Waals surface area contributed by atoms with Crippen molar-refractivity contribution < 1.29 is 0 Å². The molecule has 1 N–H and O–H groups in total. The van der Waals surface area contributed by atoms with Crippen LogP contribution in [0.15, 0.2) is 0 Å². The highest BCUT2D eigenvalue weighted by Gasteiger charge is 2.05. The molecule has 9 heavy (non-hydrogen) atoms. The van der Waals surface area contributed by atoms with Crippen molar-refractivity contribution in [3.8, 4) is 0 Å². The van der Waals surface area contributed by atoms with E-state index in [2.05, 4.69) is 19.2 Å². The fourth-order valence-corrected chi connectivity index (χ4v) is 0.623. The molecule has 0 aliphatic heterocycles. The Balaban J connectivity index is 3.16. The highest BCUT2D eigenvalue weighted by atomic mass is 35.5. The Kier molecular flexibility index (Phi) is 5.21. The zero-order valence-corrected chi connectivity index (χ0v) is 7.20. The summed E-state index contributed by atoms with van der Waals surface area (Å²) in [5, 5.41) is 3.53. The summed E-state index contributed by atoms with van der Waals surface area (Å²) >= 11 is 5.80. The molecule has 0 bridgehead atoms.